The Hall–Kier alpha value is -2.35. The number of fused-ring (bicyclic) bond motifs is 6. The molecule has 0 radical (unpaired) electrons. The van der Waals surface area contributed by atoms with Gasteiger partial charge in [0.25, 0.3) is 0 Å². The van der Waals surface area contributed by atoms with Crippen LogP contribution in [0.15, 0.2) is 47.5 Å². The largest absolute Gasteiger partial charge is 0.358 e. The molecule has 0 bridgehead atoms. The Morgan fingerprint density at radius 1 is 0.885 bits per heavy atom. The highest BCUT2D eigenvalue weighted by atomic mass is 14.8. The van der Waals surface area contributed by atoms with Gasteiger partial charge in [0.05, 0.1) is 11.1 Å². The predicted octanol–water partition coefficient (Wildman–Crippen LogP) is 5.99. The van der Waals surface area contributed by atoms with E-state index < -0.39 is 0 Å². The van der Waals surface area contributed by atoms with E-state index in [0.29, 0.717) is 0 Å². The maximum atomic E-state index is 5.07. The van der Waals surface area contributed by atoms with Crippen LogP contribution in [0.3, 0.4) is 0 Å². The van der Waals surface area contributed by atoms with Crippen LogP contribution in [-0.4, -0.2) is 10.7 Å². The van der Waals surface area contributed by atoms with E-state index in [2.05, 4.69) is 47.4 Å². The number of aromatic nitrogens is 1. The highest BCUT2D eigenvalue weighted by molar-refractivity contribution is 6.05. The van der Waals surface area contributed by atoms with Gasteiger partial charge in [0.1, 0.15) is 0 Å². The molecule has 1 saturated carbocycles. The topological polar surface area (TPSA) is 28.1 Å². The molecular formula is C24H24N2. The van der Waals surface area contributed by atoms with E-state index in [4.69, 9.17) is 4.99 Å². The van der Waals surface area contributed by atoms with Crippen molar-refractivity contribution in [3.8, 4) is 0 Å². The number of nitrogens with one attached hydrogen (secondary N) is 1. The molecule has 0 amide bonds. The summed E-state index contributed by atoms with van der Waals surface area (Å²) in [7, 11) is 0. The Morgan fingerprint density at radius 3 is 2.77 bits per heavy atom. The first-order chi connectivity index (χ1) is 12.9. The van der Waals surface area contributed by atoms with Crippen LogP contribution >= 0.6 is 0 Å². The van der Waals surface area contributed by atoms with Crippen LogP contribution in [0.4, 0.5) is 5.69 Å². The molecular weight excluding hydrogens is 316 g/mol. The van der Waals surface area contributed by atoms with Crippen LogP contribution in [-0.2, 0) is 18.3 Å². The smallest absolute Gasteiger partial charge is 0.0674 e. The fraction of sp³-hybridized carbons (Fsp3) is 0.375. The van der Waals surface area contributed by atoms with Crippen LogP contribution in [0.5, 0.6) is 0 Å². The summed E-state index contributed by atoms with van der Waals surface area (Å²) in [4.78, 5) is 8.83. The lowest BCUT2D eigenvalue weighted by molar-refractivity contribution is 0.527. The molecule has 0 unspecified atom stereocenters. The molecule has 1 fully saturated rings. The number of hydrogen-bond acceptors (Lipinski definition) is 1. The molecule has 1 atom stereocenters. The van der Waals surface area contributed by atoms with Gasteiger partial charge < -0.3 is 4.98 Å². The van der Waals surface area contributed by atoms with Crippen molar-refractivity contribution in [3.05, 3.63) is 64.8 Å². The molecule has 2 aromatic carbocycles. The van der Waals surface area contributed by atoms with E-state index in [9.17, 15) is 0 Å². The molecule has 1 N–H and O–H groups in total. The van der Waals surface area contributed by atoms with Gasteiger partial charge in [0, 0.05) is 22.3 Å². The van der Waals surface area contributed by atoms with Crippen LogP contribution in [0.2, 0.25) is 0 Å². The zero-order chi connectivity index (χ0) is 17.1. The molecule has 26 heavy (non-hydrogen) atoms. The summed E-state index contributed by atoms with van der Waals surface area (Å²) >= 11 is 0. The zero-order valence-electron chi connectivity index (χ0n) is 15.1. The van der Waals surface area contributed by atoms with E-state index in [0.717, 1.165) is 6.42 Å². The summed E-state index contributed by atoms with van der Waals surface area (Å²) in [6.07, 6.45) is 9.97. The van der Waals surface area contributed by atoms with E-state index in [-0.39, 0.29) is 5.41 Å². The number of aromatic amines is 1. The second-order valence-corrected chi connectivity index (χ2v) is 8.24. The van der Waals surface area contributed by atoms with Crippen molar-refractivity contribution in [1.29, 1.82) is 0 Å². The molecule has 0 spiro atoms. The van der Waals surface area contributed by atoms with Crippen LogP contribution < -0.4 is 0 Å². The van der Waals surface area contributed by atoms with Crippen molar-refractivity contribution >= 4 is 22.3 Å². The van der Waals surface area contributed by atoms with Gasteiger partial charge in [0.2, 0.25) is 0 Å². The van der Waals surface area contributed by atoms with Crippen molar-refractivity contribution in [1.82, 2.24) is 4.98 Å². The van der Waals surface area contributed by atoms with Crippen molar-refractivity contribution in [2.75, 3.05) is 0 Å². The van der Waals surface area contributed by atoms with Gasteiger partial charge in [0.15, 0.2) is 0 Å². The Morgan fingerprint density at radius 2 is 1.77 bits per heavy atom. The van der Waals surface area contributed by atoms with Gasteiger partial charge in [-0.1, -0.05) is 36.8 Å². The maximum Gasteiger partial charge on any atom is 0.0674 e. The number of rotatable bonds is 1. The van der Waals surface area contributed by atoms with E-state index in [1.807, 2.05) is 0 Å². The average Bonchev–Trinajstić information content (AvgIpc) is 3.23. The average molecular weight is 340 g/mol. The predicted molar refractivity (Wildman–Crippen MR) is 108 cm³/mol. The number of nitrogens with zero attached hydrogens (tertiary/aromatic N) is 1. The molecule has 1 aromatic heterocycles. The molecule has 3 aromatic rings. The Balaban J connectivity index is 1.58. The first kappa shape index (κ1) is 14.8. The summed E-state index contributed by atoms with van der Waals surface area (Å²) in [5, 5.41) is 1.44. The summed E-state index contributed by atoms with van der Waals surface area (Å²) in [5.74, 6) is 0. The van der Waals surface area contributed by atoms with Crippen LogP contribution in [0.1, 0.15) is 60.9 Å². The second-order valence-electron chi connectivity index (χ2n) is 8.24. The van der Waals surface area contributed by atoms with Crippen molar-refractivity contribution in [3.63, 3.8) is 0 Å². The Kier molecular flexibility index (Phi) is 3.03. The number of hydrogen-bond donors (Lipinski definition) is 1. The molecule has 2 aliphatic carbocycles. The maximum absolute atomic E-state index is 5.07. The fourth-order valence-electron chi connectivity index (χ4n) is 5.70. The third-order valence-corrected chi connectivity index (χ3v) is 6.92. The van der Waals surface area contributed by atoms with Gasteiger partial charge in [-0.05, 0) is 73.8 Å². The third kappa shape index (κ3) is 1.85. The monoisotopic (exact) mass is 340 g/mol. The lowest BCUT2D eigenvalue weighted by Gasteiger charge is -2.36. The fourth-order valence-corrected chi connectivity index (χ4v) is 5.70. The van der Waals surface area contributed by atoms with E-state index in [1.165, 1.54) is 84.1 Å². The molecule has 6 rings (SSSR count). The molecule has 2 heteroatoms. The number of aryl methyl sites for hydroxylation is 2. The minimum Gasteiger partial charge on any atom is -0.358 e. The molecule has 0 saturated heterocycles. The van der Waals surface area contributed by atoms with Crippen LogP contribution in [0.25, 0.3) is 10.9 Å². The minimum atomic E-state index is 0.00858. The van der Waals surface area contributed by atoms with Gasteiger partial charge >= 0.3 is 0 Å². The highest BCUT2D eigenvalue weighted by Crippen LogP contribution is 2.51. The summed E-state index contributed by atoms with van der Waals surface area (Å²) < 4.78 is 0. The Bertz CT molecular complexity index is 1060. The van der Waals surface area contributed by atoms with Gasteiger partial charge in [-0.3, -0.25) is 4.99 Å². The van der Waals surface area contributed by atoms with Gasteiger partial charge in [-0.25, -0.2) is 0 Å². The lowest BCUT2D eigenvalue weighted by Crippen LogP contribution is -2.37. The van der Waals surface area contributed by atoms with E-state index in [1.54, 1.807) is 5.56 Å². The molecule has 2 nitrogen and oxygen atoms in total. The molecule has 2 heterocycles. The Labute approximate surface area is 154 Å². The molecule has 3 aliphatic rings. The molecule has 130 valence electrons. The quantitative estimate of drug-likeness (QED) is 0.563. The minimum absolute atomic E-state index is 0.00858. The highest BCUT2D eigenvalue weighted by Gasteiger charge is 2.45. The first-order valence-corrected chi connectivity index (χ1v) is 10.2. The lowest BCUT2D eigenvalue weighted by atomic mass is 9.65. The first-order valence-electron chi connectivity index (χ1n) is 10.2. The summed E-state index contributed by atoms with van der Waals surface area (Å²) in [6, 6.07) is 16.0. The number of para-hydroxylation sites is 1. The summed E-state index contributed by atoms with van der Waals surface area (Å²) in [6.45, 7) is 0. The van der Waals surface area contributed by atoms with Gasteiger partial charge in [-0.15, -0.1) is 0 Å². The number of benzene rings is 2. The number of H-pyrrole nitrogens is 1. The number of aliphatic imine (C=N–C) groups is 1. The normalized spacial score (nSPS) is 24.1. The molecule has 1 aliphatic heterocycles. The SMILES string of the molecule is c1ccc2c(c1)N=C1CCCC[C@@]12c1ccc2c3c([nH]c2c1)CCCC3. The third-order valence-electron chi connectivity index (χ3n) is 6.92. The van der Waals surface area contributed by atoms with Crippen LogP contribution in [0, 0.1) is 0 Å². The zero-order valence-corrected chi connectivity index (χ0v) is 15.1. The van der Waals surface area contributed by atoms with Crippen molar-refractivity contribution < 1.29 is 0 Å². The standard InChI is InChI=1S/C24H24N2/c1-3-9-20-17(7-1)18-13-12-16(15-22(18)25-20)24-14-6-5-11-23(24)26-21-10-4-2-8-19(21)24/h2,4,8,10,12-13,15,25H,1,3,5-7,9,11,14H2/t24-/m0/s1. The van der Waals surface area contributed by atoms with E-state index >= 15 is 0 Å². The second kappa shape index (κ2) is 5.33. The van der Waals surface area contributed by atoms with Crippen molar-refractivity contribution in [2.24, 2.45) is 4.99 Å². The van der Waals surface area contributed by atoms with Gasteiger partial charge in [-0.2, -0.15) is 0 Å². The summed E-state index contributed by atoms with van der Waals surface area (Å²) in [5.41, 5.74) is 9.82. The van der Waals surface area contributed by atoms with Crippen molar-refractivity contribution in [2.45, 2.75) is 56.8 Å².